The van der Waals surface area contributed by atoms with E-state index >= 15 is 0 Å². The molecule has 2 atom stereocenters. The quantitative estimate of drug-likeness (QED) is 0.684. The zero-order valence-corrected chi connectivity index (χ0v) is 9.00. The van der Waals surface area contributed by atoms with Crippen molar-refractivity contribution in [3.63, 3.8) is 0 Å². The van der Waals surface area contributed by atoms with Crippen LogP contribution >= 0.6 is 11.8 Å². The number of rotatable bonds is 5. The van der Waals surface area contributed by atoms with Gasteiger partial charge in [0.05, 0.1) is 0 Å². The molecule has 0 spiro atoms. The van der Waals surface area contributed by atoms with E-state index in [1.165, 1.54) is 19.3 Å². The molecule has 0 bridgehead atoms. The smallest absolute Gasteiger partial charge is 0.320 e. The van der Waals surface area contributed by atoms with Gasteiger partial charge in [-0.25, -0.2) is 0 Å². The summed E-state index contributed by atoms with van der Waals surface area (Å²) in [4.78, 5) is 10.4. The normalized spacial score (nSPS) is 23.4. The van der Waals surface area contributed by atoms with Gasteiger partial charge >= 0.3 is 5.97 Å². The van der Waals surface area contributed by atoms with Gasteiger partial charge in [0.2, 0.25) is 0 Å². The van der Waals surface area contributed by atoms with Crippen LogP contribution in [0.5, 0.6) is 0 Å². The molecule has 0 saturated carbocycles. The minimum atomic E-state index is -0.898. The minimum Gasteiger partial charge on any atom is -0.480 e. The van der Waals surface area contributed by atoms with Crippen molar-refractivity contribution in [2.24, 2.45) is 5.73 Å². The Bertz CT molecular complexity index is 218. The first-order valence-electron chi connectivity index (χ1n) is 4.97. The summed E-state index contributed by atoms with van der Waals surface area (Å²) in [5, 5.41) is 9.14. The molecule has 0 radical (unpaired) electrons. The molecule has 0 saturated heterocycles. The fourth-order valence-electron chi connectivity index (χ4n) is 1.39. The van der Waals surface area contributed by atoms with Crippen LogP contribution in [0.2, 0.25) is 0 Å². The lowest BCUT2D eigenvalue weighted by molar-refractivity contribution is -0.138. The molecular weight excluding hydrogens is 198 g/mol. The van der Waals surface area contributed by atoms with E-state index in [0.717, 1.165) is 5.75 Å². The van der Waals surface area contributed by atoms with Crippen LogP contribution in [0, 0.1) is 0 Å². The third-order valence-electron chi connectivity index (χ3n) is 2.29. The molecule has 0 amide bonds. The van der Waals surface area contributed by atoms with Gasteiger partial charge in [-0.1, -0.05) is 12.2 Å². The minimum absolute atomic E-state index is 0.560. The van der Waals surface area contributed by atoms with Gasteiger partial charge in [0.15, 0.2) is 0 Å². The van der Waals surface area contributed by atoms with Crippen LogP contribution < -0.4 is 5.73 Å². The largest absolute Gasteiger partial charge is 0.480 e. The van der Waals surface area contributed by atoms with E-state index in [1.54, 1.807) is 0 Å². The summed E-state index contributed by atoms with van der Waals surface area (Å²) in [6.45, 7) is 0. The summed E-state index contributed by atoms with van der Waals surface area (Å²) in [5.74, 6) is -0.0626. The summed E-state index contributed by atoms with van der Waals surface area (Å²) >= 11 is 1.81. The van der Waals surface area contributed by atoms with Gasteiger partial charge in [-0.15, -0.1) is 0 Å². The first kappa shape index (κ1) is 11.6. The maximum absolute atomic E-state index is 10.4. The number of hydrogen-bond acceptors (Lipinski definition) is 3. The fourth-order valence-corrected chi connectivity index (χ4v) is 2.64. The Morgan fingerprint density at radius 3 is 3.07 bits per heavy atom. The number of carboxylic acids is 1. The van der Waals surface area contributed by atoms with Gasteiger partial charge in [0.25, 0.3) is 0 Å². The predicted octanol–water partition coefficient (Wildman–Crippen LogP) is 1.63. The topological polar surface area (TPSA) is 63.3 Å². The van der Waals surface area contributed by atoms with Crippen molar-refractivity contribution in [3.05, 3.63) is 12.2 Å². The van der Waals surface area contributed by atoms with E-state index in [2.05, 4.69) is 12.2 Å². The maximum atomic E-state index is 10.4. The lowest BCUT2D eigenvalue weighted by atomic mass is 10.1. The Morgan fingerprint density at radius 2 is 2.50 bits per heavy atom. The molecule has 1 unspecified atom stereocenters. The first-order valence-corrected chi connectivity index (χ1v) is 6.01. The van der Waals surface area contributed by atoms with Crippen LogP contribution in [0.1, 0.15) is 25.7 Å². The summed E-state index contributed by atoms with van der Waals surface area (Å²) in [5.41, 5.74) is 5.40. The van der Waals surface area contributed by atoms with Crippen LogP contribution in [0.15, 0.2) is 12.2 Å². The highest BCUT2D eigenvalue weighted by atomic mass is 32.2. The van der Waals surface area contributed by atoms with E-state index in [9.17, 15) is 4.79 Å². The number of aliphatic carboxylic acids is 1. The third kappa shape index (κ3) is 4.15. The monoisotopic (exact) mass is 215 g/mol. The van der Waals surface area contributed by atoms with Crippen molar-refractivity contribution in [2.75, 3.05) is 5.75 Å². The molecule has 80 valence electrons. The molecule has 0 heterocycles. The highest BCUT2D eigenvalue weighted by Gasteiger charge is 2.13. The highest BCUT2D eigenvalue weighted by Crippen LogP contribution is 2.23. The number of carboxylic acid groups (broad SMARTS) is 1. The van der Waals surface area contributed by atoms with Gasteiger partial charge in [-0.3, -0.25) is 4.79 Å². The van der Waals surface area contributed by atoms with Gasteiger partial charge in [-0.05, 0) is 31.4 Å². The van der Waals surface area contributed by atoms with Gasteiger partial charge in [-0.2, -0.15) is 11.8 Å². The molecule has 3 N–H and O–H groups in total. The SMILES string of the molecule is N[C@@H](CCSC1C=CCCC1)C(=O)O. The number of carbonyl (C=O) groups is 1. The molecule has 0 fully saturated rings. The van der Waals surface area contributed by atoms with Crippen molar-refractivity contribution >= 4 is 17.7 Å². The summed E-state index contributed by atoms with van der Waals surface area (Å²) < 4.78 is 0. The Hall–Kier alpha value is -0.480. The van der Waals surface area contributed by atoms with Gasteiger partial charge < -0.3 is 10.8 Å². The zero-order chi connectivity index (χ0) is 10.4. The molecular formula is C10H17NO2S. The second-order valence-corrected chi connectivity index (χ2v) is 4.85. The van der Waals surface area contributed by atoms with Crippen LogP contribution in [0.4, 0.5) is 0 Å². The Morgan fingerprint density at radius 1 is 1.71 bits per heavy atom. The molecule has 0 aromatic rings. The number of nitrogens with two attached hydrogens (primary N) is 1. The van der Waals surface area contributed by atoms with Gasteiger partial charge in [0, 0.05) is 5.25 Å². The van der Waals surface area contributed by atoms with Crippen LogP contribution in [-0.4, -0.2) is 28.1 Å². The van der Waals surface area contributed by atoms with Crippen molar-refractivity contribution < 1.29 is 9.90 Å². The third-order valence-corrected chi connectivity index (χ3v) is 3.58. The van der Waals surface area contributed by atoms with E-state index in [4.69, 9.17) is 10.8 Å². The average molecular weight is 215 g/mol. The molecule has 1 rings (SSSR count). The Balaban J connectivity index is 2.11. The molecule has 14 heavy (non-hydrogen) atoms. The molecule has 4 heteroatoms. The van der Waals surface area contributed by atoms with Crippen molar-refractivity contribution in [1.82, 2.24) is 0 Å². The zero-order valence-electron chi connectivity index (χ0n) is 8.19. The molecule has 1 aliphatic carbocycles. The molecule has 1 aliphatic rings. The van der Waals surface area contributed by atoms with Crippen molar-refractivity contribution in [3.8, 4) is 0 Å². The maximum Gasteiger partial charge on any atom is 0.320 e. The lowest BCUT2D eigenvalue weighted by Gasteiger charge is -2.16. The number of allylic oxidation sites excluding steroid dienone is 1. The molecule has 0 aromatic carbocycles. The van der Waals surface area contributed by atoms with E-state index in [-0.39, 0.29) is 0 Å². The van der Waals surface area contributed by atoms with Crippen LogP contribution in [0.3, 0.4) is 0 Å². The standard InChI is InChI=1S/C10H17NO2S/c11-9(10(12)13)6-7-14-8-4-2-1-3-5-8/h2,4,8-9H,1,3,5-7,11H2,(H,12,13)/t8?,9-/m0/s1. The first-order chi connectivity index (χ1) is 6.70. The molecule has 0 aromatic heterocycles. The fraction of sp³-hybridized carbons (Fsp3) is 0.700. The second-order valence-electron chi connectivity index (χ2n) is 3.50. The molecule has 3 nitrogen and oxygen atoms in total. The van der Waals surface area contributed by atoms with E-state index in [0.29, 0.717) is 11.7 Å². The summed E-state index contributed by atoms with van der Waals surface area (Å²) in [7, 11) is 0. The lowest BCUT2D eigenvalue weighted by Crippen LogP contribution is -2.30. The van der Waals surface area contributed by atoms with E-state index in [1.807, 2.05) is 11.8 Å². The Labute approximate surface area is 88.7 Å². The number of hydrogen-bond donors (Lipinski definition) is 2. The highest BCUT2D eigenvalue weighted by molar-refractivity contribution is 8.00. The predicted molar refractivity (Wildman–Crippen MR) is 59.5 cm³/mol. The summed E-state index contributed by atoms with van der Waals surface area (Å²) in [6, 6.07) is -0.699. The average Bonchev–Trinajstić information content (AvgIpc) is 2.19. The number of thioether (sulfide) groups is 1. The molecule has 0 aliphatic heterocycles. The van der Waals surface area contributed by atoms with Crippen LogP contribution in [0.25, 0.3) is 0 Å². The van der Waals surface area contributed by atoms with Gasteiger partial charge in [0.1, 0.15) is 6.04 Å². The summed E-state index contributed by atoms with van der Waals surface area (Å²) in [6.07, 6.45) is 8.64. The van der Waals surface area contributed by atoms with E-state index < -0.39 is 12.0 Å². The van der Waals surface area contributed by atoms with Crippen LogP contribution in [-0.2, 0) is 4.79 Å². The Kier molecular flexibility index (Phi) is 5.04. The second kappa shape index (κ2) is 6.09. The van der Waals surface area contributed by atoms with Crippen molar-refractivity contribution in [1.29, 1.82) is 0 Å². The van der Waals surface area contributed by atoms with Crippen molar-refractivity contribution in [2.45, 2.75) is 37.0 Å².